The van der Waals surface area contributed by atoms with Crippen LogP contribution in [0.2, 0.25) is 0 Å². The van der Waals surface area contributed by atoms with Crippen molar-refractivity contribution in [1.82, 2.24) is 5.32 Å². The van der Waals surface area contributed by atoms with Crippen LogP contribution in [-0.2, 0) is 9.47 Å². The molecule has 14 heavy (non-hydrogen) atoms. The molecule has 1 atom stereocenters. The van der Waals surface area contributed by atoms with Gasteiger partial charge in [-0.05, 0) is 19.2 Å². The number of hydrogen-bond donors (Lipinski definition) is 1. The van der Waals surface area contributed by atoms with Crippen LogP contribution in [0.25, 0.3) is 0 Å². The highest BCUT2D eigenvalue weighted by Gasteiger charge is 1.96. The van der Waals surface area contributed by atoms with Crippen LogP contribution in [0.4, 0.5) is 0 Å². The highest BCUT2D eigenvalue weighted by atomic mass is 32.2. The van der Waals surface area contributed by atoms with Crippen LogP contribution >= 0.6 is 11.8 Å². The molecule has 0 saturated carbocycles. The van der Waals surface area contributed by atoms with Crippen molar-refractivity contribution in [3.8, 4) is 0 Å². The van der Waals surface area contributed by atoms with Crippen LogP contribution in [0, 0.1) is 0 Å². The third-order valence-electron chi connectivity index (χ3n) is 1.91. The topological polar surface area (TPSA) is 30.5 Å². The molecule has 0 aromatic heterocycles. The average molecular weight is 221 g/mol. The molecular formula is C10H23NO2S. The molecule has 0 radical (unpaired) electrons. The van der Waals surface area contributed by atoms with Crippen molar-refractivity contribution in [2.24, 2.45) is 0 Å². The number of rotatable bonds is 10. The molecule has 0 aromatic rings. The van der Waals surface area contributed by atoms with Crippen molar-refractivity contribution in [3.63, 3.8) is 0 Å². The van der Waals surface area contributed by atoms with E-state index >= 15 is 0 Å². The van der Waals surface area contributed by atoms with Crippen molar-refractivity contribution in [1.29, 1.82) is 0 Å². The second-order valence-electron chi connectivity index (χ2n) is 3.21. The molecule has 3 nitrogen and oxygen atoms in total. The number of thioether (sulfide) groups is 1. The Morgan fingerprint density at radius 3 is 2.71 bits per heavy atom. The summed E-state index contributed by atoms with van der Waals surface area (Å²) in [5.41, 5.74) is 0. The summed E-state index contributed by atoms with van der Waals surface area (Å²) >= 11 is 1.89. The summed E-state index contributed by atoms with van der Waals surface area (Å²) in [6, 6.07) is 0. The number of hydrogen-bond acceptors (Lipinski definition) is 4. The van der Waals surface area contributed by atoms with E-state index < -0.39 is 0 Å². The van der Waals surface area contributed by atoms with E-state index in [-0.39, 0.29) is 0 Å². The van der Waals surface area contributed by atoms with E-state index in [2.05, 4.69) is 18.5 Å². The zero-order valence-electron chi connectivity index (χ0n) is 9.54. The summed E-state index contributed by atoms with van der Waals surface area (Å²) in [6.45, 7) is 6.57. The van der Waals surface area contributed by atoms with Gasteiger partial charge in [0, 0.05) is 25.5 Å². The summed E-state index contributed by atoms with van der Waals surface area (Å²) in [5, 5.41) is 4.09. The van der Waals surface area contributed by atoms with Gasteiger partial charge in [-0.3, -0.25) is 0 Å². The molecule has 0 bridgehead atoms. The van der Waals surface area contributed by atoms with Crippen molar-refractivity contribution in [2.75, 3.05) is 46.3 Å². The first-order valence-electron chi connectivity index (χ1n) is 5.11. The van der Waals surface area contributed by atoms with E-state index in [4.69, 9.17) is 9.47 Å². The minimum Gasteiger partial charge on any atom is -0.382 e. The van der Waals surface area contributed by atoms with Crippen LogP contribution in [0.15, 0.2) is 0 Å². The minimum atomic E-state index is 0.691. The Kier molecular flexibility index (Phi) is 11.5. The molecule has 0 spiro atoms. The van der Waals surface area contributed by atoms with Crippen molar-refractivity contribution >= 4 is 11.8 Å². The van der Waals surface area contributed by atoms with Crippen LogP contribution in [0.1, 0.15) is 13.3 Å². The predicted octanol–water partition coefficient (Wildman–Crippen LogP) is 1.38. The summed E-state index contributed by atoms with van der Waals surface area (Å²) in [5.74, 6) is 0. The molecule has 1 unspecified atom stereocenters. The number of ether oxygens (including phenoxy) is 2. The van der Waals surface area contributed by atoms with Crippen LogP contribution in [0.3, 0.4) is 0 Å². The third kappa shape index (κ3) is 10.3. The van der Waals surface area contributed by atoms with Gasteiger partial charge in [-0.1, -0.05) is 6.92 Å². The SMILES string of the molecule is COCCOCCCNCC(C)SC. The standard InChI is InChI=1S/C10H23NO2S/c1-10(14-3)9-11-5-4-6-13-8-7-12-2/h10-11H,4-9H2,1-3H3. The minimum absolute atomic E-state index is 0.691. The molecule has 0 aliphatic carbocycles. The van der Waals surface area contributed by atoms with Gasteiger partial charge in [0.2, 0.25) is 0 Å². The van der Waals surface area contributed by atoms with Gasteiger partial charge in [-0.15, -0.1) is 0 Å². The Hall–Kier alpha value is 0.230. The molecule has 0 rings (SSSR count). The van der Waals surface area contributed by atoms with Gasteiger partial charge in [0.05, 0.1) is 13.2 Å². The Balaban J connectivity index is 2.92. The number of nitrogens with one attached hydrogen (secondary N) is 1. The second kappa shape index (κ2) is 11.3. The molecule has 0 heterocycles. The molecule has 4 heteroatoms. The van der Waals surface area contributed by atoms with E-state index in [1.807, 2.05) is 11.8 Å². The predicted molar refractivity (Wildman–Crippen MR) is 63.2 cm³/mol. The average Bonchev–Trinajstić information content (AvgIpc) is 2.21. The smallest absolute Gasteiger partial charge is 0.0700 e. The van der Waals surface area contributed by atoms with Gasteiger partial charge >= 0.3 is 0 Å². The fourth-order valence-electron chi connectivity index (χ4n) is 0.932. The fraction of sp³-hybridized carbons (Fsp3) is 1.00. The quantitative estimate of drug-likeness (QED) is 0.565. The summed E-state index contributed by atoms with van der Waals surface area (Å²) in [6.07, 6.45) is 3.21. The second-order valence-corrected chi connectivity index (χ2v) is 4.49. The van der Waals surface area contributed by atoms with Gasteiger partial charge in [-0.25, -0.2) is 0 Å². The van der Waals surface area contributed by atoms with Gasteiger partial charge < -0.3 is 14.8 Å². The van der Waals surface area contributed by atoms with Gasteiger partial charge in [0.15, 0.2) is 0 Å². The van der Waals surface area contributed by atoms with Gasteiger partial charge in [0.25, 0.3) is 0 Å². The normalized spacial score (nSPS) is 13.1. The Labute approximate surface area is 91.9 Å². The first kappa shape index (κ1) is 14.2. The first-order valence-corrected chi connectivity index (χ1v) is 6.40. The lowest BCUT2D eigenvalue weighted by Crippen LogP contribution is -2.24. The Morgan fingerprint density at radius 2 is 2.07 bits per heavy atom. The van der Waals surface area contributed by atoms with Gasteiger partial charge in [0.1, 0.15) is 0 Å². The van der Waals surface area contributed by atoms with Crippen molar-refractivity contribution in [3.05, 3.63) is 0 Å². The summed E-state index contributed by atoms with van der Waals surface area (Å²) in [4.78, 5) is 0. The summed E-state index contributed by atoms with van der Waals surface area (Å²) in [7, 11) is 1.69. The monoisotopic (exact) mass is 221 g/mol. The lowest BCUT2D eigenvalue weighted by atomic mass is 10.4. The maximum atomic E-state index is 5.34. The molecule has 0 saturated heterocycles. The Morgan fingerprint density at radius 1 is 1.29 bits per heavy atom. The van der Waals surface area contributed by atoms with Crippen molar-refractivity contribution in [2.45, 2.75) is 18.6 Å². The maximum absolute atomic E-state index is 5.34. The fourth-order valence-corrected chi connectivity index (χ4v) is 1.22. The molecule has 0 aliphatic rings. The lowest BCUT2D eigenvalue weighted by Gasteiger charge is -2.09. The highest BCUT2D eigenvalue weighted by molar-refractivity contribution is 7.99. The zero-order valence-corrected chi connectivity index (χ0v) is 10.4. The van der Waals surface area contributed by atoms with E-state index in [0.717, 1.165) is 26.1 Å². The van der Waals surface area contributed by atoms with E-state index in [0.29, 0.717) is 18.5 Å². The molecule has 0 amide bonds. The number of methoxy groups -OCH3 is 1. The van der Waals surface area contributed by atoms with Crippen LogP contribution < -0.4 is 5.32 Å². The largest absolute Gasteiger partial charge is 0.382 e. The van der Waals surface area contributed by atoms with E-state index in [1.165, 1.54) is 0 Å². The van der Waals surface area contributed by atoms with Gasteiger partial charge in [-0.2, -0.15) is 11.8 Å². The molecule has 0 aliphatic heterocycles. The van der Waals surface area contributed by atoms with Crippen molar-refractivity contribution < 1.29 is 9.47 Å². The zero-order chi connectivity index (χ0) is 10.6. The summed E-state index contributed by atoms with van der Waals surface area (Å²) < 4.78 is 10.2. The molecule has 1 N–H and O–H groups in total. The van der Waals surface area contributed by atoms with E-state index in [1.54, 1.807) is 7.11 Å². The molecular weight excluding hydrogens is 198 g/mol. The molecule has 0 aromatic carbocycles. The first-order chi connectivity index (χ1) is 6.81. The Bertz CT molecular complexity index is 114. The maximum Gasteiger partial charge on any atom is 0.0700 e. The molecule has 0 fully saturated rings. The van der Waals surface area contributed by atoms with Crippen LogP contribution in [-0.4, -0.2) is 51.5 Å². The molecule has 86 valence electrons. The van der Waals surface area contributed by atoms with E-state index in [9.17, 15) is 0 Å². The third-order valence-corrected chi connectivity index (χ3v) is 2.88. The lowest BCUT2D eigenvalue weighted by molar-refractivity contribution is 0.0695. The van der Waals surface area contributed by atoms with Crippen LogP contribution in [0.5, 0.6) is 0 Å². The highest BCUT2D eigenvalue weighted by Crippen LogP contribution is 2.02.